The summed E-state index contributed by atoms with van der Waals surface area (Å²) in [6, 6.07) is 11.3. The van der Waals surface area contributed by atoms with E-state index in [9.17, 15) is 19.6 Å². The van der Waals surface area contributed by atoms with Crippen molar-refractivity contribution in [2.45, 2.75) is 31.4 Å². The molecule has 34 heavy (non-hydrogen) atoms. The summed E-state index contributed by atoms with van der Waals surface area (Å²) in [5.41, 5.74) is 9.37. The third-order valence-corrected chi connectivity index (χ3v) is 8.03. The number of nitrogens with zero attached hydrogens (tertiary/aromatic N) is 2. The number of carbonyl (C=O) groups is 3. The van der Waals surface area contributed by atoms with Crippen LogP contribution in [0.2, 0.25) is 0 Å². The Bertz CT molecular complexity index is 1290. The van der Waals surface area contributed by atoms with E-state index in [1.807, 2.05) is 43.5 Å². The van der Waals surface area contributed by atoms with E-state index in [2.05, 4.69) is 11.4 Å². The van der Waals surface area contributed by atoms with E-state index < -0.39 is 29.0 Å². The number of methoxy groups -OCH3 is 1. The first kappa shape index (κ1) is 23.6. The number of hydrogen-bond donors (Lipinski definition) is 2. The van der Waals surface area contributed by atoms with Crippen LogP contribution < -0.4 is 11.1 Å². The van der Waals surface area contributed by atoms with Crippen molar-refractivity contribution in [2.75, 3.05) is 12.4 Å². The summed E-state index contributed by atoms with van der Waals surface area (Å²) in [6.07, 6.45) is -0.176. The van der Waals surface area contributed by atoms with E-state index in [-0.39, 0.29) is 23.4 Å². The molecular weight excluding hydrogens is 472 g/mol. The van der Waals surface area contributed by atoms with Crippen LogP contribution in [0.15, 0.2) is 57.7 Å². The number of hydrogen-bond acceptors (Lipinski definition) is 8. The Balaban J connectivity index is 1.84. The summed E-state index contributed by atoms with van der Waals surface area (Å²) in [5.74, 6) is -2.22. The molecule has 2 amide bonds. The Hall–Kier alpha value is -3.55. The zero-order valence-electron chi connectivity index (χ0n) is 18.7. The number of fused-ring (bicyclic) bond motifs is 1. The first-order chi connectivity index (χ1) is 16.3. The lowest BCUT2D eigenvalue weighted by Crippen LogP contribution is -2.39. The minimum Gasteiger partial charge on any atom is -0.469 e. The van der Waals surface area contributed by atoms with Crippen molar-refractivity contribution in [3.8, 4) is 6.07 Å². The monoisotopic (exact) mass is 494 g/mol. The molecule has 0 aliphatic carbocycles. The molecule has 0 radical (unpaired) electrons. The highest BCUT2D eigenvalue weighted by Crippen LogP contribution is 2.50. The van der Waals surface area contributed by atoms with Gasteiger partial charge in [-0.25, -0.2) is 0 Å². The van der Waals surface area contributed by atoms with Gasteiger partial charge in [0.1, 0.15) is 11.1 Å². The van der Waals surface area contributed by atoms with Crippen molar-refractivity contribution in [3.05, 3.63) is 73.7 Å². The number of nitrogens with one attached hydrogen (secondary N) is 1. The number of thioether (sulfide) groups is 1. The third kappa shape index (κ3) is 4.08. The highest BCUT2D eigenvalue weighted by atomic mass is 32.2. The predicted octanol–water partition coefficient (Wildman–Crippen LogP) is 3.51. The lowest BCUT2D eigenvalue weighted by Gasteiger charge is -2.31. The van der Waals surface area contributed by atoms with Crippen LogP contribution in [0.25, 0.3) is 0 Å². The van der Waals surface area contributed by atoms with Crippen molar-refractivity contribution < 1.29 is 19.1 Å². The Kier molecular flexibility index (Phi) is 6.50. The number of esters is 1. The zero-order chi connectivity index (χ0) is 24.6. The molecule has 0 saturated carbocycles. The fraction of sp³-hybridized carbons (Fsp3) is 0.250. The minimum atomic E-state index is -0.813. The Morgan fingerprint density at radius 3 is 2.65 bits per heavy atom. The normalized spacial score (nSPS) is 19.7. The number of thiophene rings is 1. The minimum absolute atomic E-state index is 0.0245. The van der Waals surface area contributed by atoms with Crippen molar-refractivity contribution in [1.82, 2.24) is 4.90 Å². The van der Waals surface area contributed by atoms with Crippen molar-refractivity contribution >= 4 is 46.6 Å². The van der Waals surface area contributed by atoms with Gasteiger partial charge in [-0.1, -0.05) is 23.9 Å². The molecule has 0 spiro atoms. The Labute approximate surface area is 205 Å². The van der Waals surface area contributed by atoms with Crippen molar-refractivity contribution in [2.24, 2.45) is 5.73 Å². The quantitative estimate of drug-likeness (QED) is 0.609. The molecule has 1 aromatic carbocycles. The molecule has 2 atom stereocenters. The molecule has 2 aromatic rings. The zero-order valence-corrected chi connectivity index (χ0v) is 20.4. The molecule has 3 heterocycles. The summed E-state index contributed by atoms with van der Waals surface area (Å²) >= 11 is 2.48. The van der Waals surface area contributed by atoms with Gasteiger partial charge in [0.2, 0.25) is 5.91 Å². The number of carbonyl (C=O) groups excluding carboxylic acids is 3. The number of ether oxygens (including phenoxy) is 1. The Morgan fingerprint density at radius 1 is 1.26 bits per heavy atom. The number of anilines is 1. The standard InChI is InChI=1S/C24H22N4O4S2/c1-12-6-7-14(9-13(12)2)27-22(30)20-19(16-5-4-8-33-16)15(11-25)21(26)28-23(31)17(34-24(20)28)10-18(29)32-3/h4-9,17,19H,10,26H2,1-3H3,(H,27,30). The van der Waals surface area contributed by atoms with Gasteiger partial charge in [-0.2, -0.15) is 5.26 Å². The number of allylic oxidation sites excluding steroid dienone is 1. The van der Waals surface area contributed by atoms with Crippen molar-refractivity contribution in [3.63, 3.8) is 0 Å². The molecule has 1 fully saturated rings. The van der Waals surface area contributed by atoms with Gasteiger partial charge in [0.05, 0.1) is 41.7 Å². The molecule has 2 unspecified atom stereocenters. The molecule has 1 aromatic heterocycles. The van der Waals surface area contributed by atoms with Crippen molar-refractivity contribution in [1.29, 1.82) is 5.26 Å². The molecule has 8 nitrogen and oxygen atoms in total. The summed E-state index contributed by atoms with van der Waals surface area (Å²) in [7, 11) is 1.25. The number of aryl methyl sites for hydroxylation is 2. The van der Waals surface area contributed by atoms with Gasteiger partial charge in [0.15, 0.2) is 0 Å². The van der Waals surface area contributed by atoms with Gasteiger partial charge in [0, 0.05) is 10.6 Å². The molecule has 174 valence electrons. The topological polar surface area (TPSA) is 126 Å². The third-order valence-electron chi connectivity index (χ3n) is 5.81. The molecule has 0 bridgehead atoms. The highest BCUT2D eigenvalue weighted by molar-refractivity contribution is 8.04. The molecule has 2 aliphatic rings. The second-order valence-electron chi connectivity index (χ2n) is 7.89. The van der Waals surface area contributed by atoms with E-state index in [0.717, 1.165) is 27.8 Å². The molecular formula is C24H22N4O4S2. The maximum absolute atomic E-state index is 13.7. The first-order valence-electron chi connectivity index (χ1n) is 10.4. The maximum Gasteiger partial charge on any atom is 0.307 e. The number of amides is 2. The van der Waals surface area contributed by atoms with Gasteiger partial charge in [-0.3, -0.25) is 19.3 Å². The average molecular weight is 495 g/mol. The number of nitriles is 1. The highest BCUT2D eigenvalue weighted by Gasteiger charge is 2.48. The first-order valence-corrected chi connectivity index (χ1v) is 12.2. The molecule has 2 aliphatic heterocycles. The average Bonchev–Trinajstić information content (AvgIpc) is 3.44. The summed E-state index contributed by atoms with van der Waals surface area (Å²) in [5, 5.41) is 14.3. The number of nitrogens with two attached hydrogens (primary N) is 1. The van der Waals surface area contributed by atoms with Gasteiger partial charge < -0.3 is 15.8 Å². The van der Waals surface area contributed by atoms with Crippen LogP contribution in [0.5, 0.6) is 0 Å². The largest absolute Gasteiger partial charge is 0.469 e. The van der Waals surface area contributed by atoms with Crippen LogP contribution in [0, 0.1) is 25.2 Å². The van der Waals surface area contributed by atoms with Gasteiger partial charge >= 0.3 is 5.97 Å². The van der Waals surface area contributed by atoms with E-state index in [1.165, 1.54) is 23.3 Å². The number of rotatable bonds is 5. The smallest absolute Gasteiger partial charge is 0.307 e. The van der Waals surface area contributed by atoms with E-state index in [1.54, 1.807) is 6.07 Å². The van der Waals surface area contributed by atoms with Crippen LogP contribution >= 0.6 is 23.1 Å². The number of benzene rings is 1. The van der Waals surface area contributed by atoms with E-state index >= 15 is 0 Å². The van der Waals surface area contributed by atoms with Crippen LogP contribution in [0.4, 0.5) is 5.69 Å². The molecule has 1 saturated heterocycles. The second-order valence-corrected chi connectivity index (χ2v) is 10.1. The van der Waals surface area contributed by atoms with Crippen LogP contribution in [-0.2, 0) is 19.1 Å². The summed E-state index contributed by atoms with van der Waals surface area (Å²) in [6.45, 7) is 3.93. The molecule has 4 rings (SSSR count). The molecule has 3 N–H and O–H groups in total. The summed E-state index contributed by atoms with van der Waals surface area (Å²) < 4.78 is 4.72. The molecule has 10 heteroatoms. The van der Waals surface area contributed by atoms with Crippen LogP contribution in [0.1, 0.15) is 28.3 Å². The SMILES string of the molecule is COC(=O)CC1SC2=C(C(=O)Nc3ccc(C)c(C)c3)C(c3cccs3)C(C#N)=C(N)N2C1=O. The van der Waals surface area contributed by atoms with E-state index in [4.69, 9.17) is 10.5 Å². The lowest BCUT2D eigenvalue weighted by molar-refractivity contribution is -0.142. The Morgan fingerprint density at radius 2 is 2.03 bits per heavy atom. The lowest BCUT2D eigenvalue weighted by atomic mass is 9.87. The van der Waals surface area contributed by atoms with E-state index in [0.29, 0.717) is 10.7 Å². The van der Waals surface area contributed by atoms with Gasteiger partial charge in [-0.15, -0.1) is 11.3 Å². The second kappa shape index (κ2) is 9.37. The fourth-order valence-corrected chi connectivity index (χ4v) is 6.07. The van der Waals surface area contributed by atoms with Crippen LogP contribution in [-0.4, -0.2) is 35.0 Å². The van der Waals surface area contributed by atoms with Gasteiger partial charge in [-0.05, 0) is 48.6 Å². The fourth-order valence-electron chi connectivity index (χ4n) is 3.90. The summed E-state index contributed by atoms with van der Waals surface area (Å²) in [4.78, 5) is 40.7. The van der Waals surface area contributed by atoms with Gasteiger partial charge in [0.25, 0.3) is 5.91 Å². The van der Waals surface area contributed by atoms with Crippen LogP contribution in [0.3, 0.4) is 0 Å². The maximum atomic E-state index is 13.7. The predicted molar refractivity (Wildman–Crippen MR) is 130 cm³/mol.